The summed E-state index contributed by atoms with van der Waals surface area (Å²) in [6.45, 7) is 0.580. The summed E-state index contributed by atoms with van der Waals surface area (Å²) in [7, 11) is 0. The van der Waals surface area contributed by atoms with E-state index in [1.807, 2.05) is 40.9 Å². The lowest BCUT2D eigenvalue weighted by molar-refractivity contribution is 0.0953. The summed E-state index contributed by atoms with van der Waals surface area (Å²) in [4.78, 5) is 12.4. The average Bonchev–Trinajstić information content (AvgIpc) is 3.35. The van der Waals surface area contributed by atoms with E-state index < -0.39 is 0 Å². The first-order valence-electron chi connectivity index (χ1n) is 8.08. The molecule has 5 nitrogen and oxygen atoms in total. The van der Waals surface area contributed by atoms with Crippen LogP contribution < -0.4 is 5.32 Å². The fourth-order valence-electron chi connectivity index (χ4n) is 2.74. The van der Waals surface area contributed by atoms with Crippen molar-refractivity contribution in [3.63, 3.8) is 0 Å². The van der Waals surface area contributed by atoms with Crippen LogP contribution in [-0.4, -0.2) is 27.0 Å². The summed E-state index contributed by atoms with van der Waals surface area (Å²) in [5.41, 5.74) is 2.56. The molecule has 1 aromatic carbocycles. The molecule has 4 rings (SSSR count). The standard InChI is InChI=1S/C18H17ClN4O/c19-15-6-1-12(2-7-15)9-10-20-18(24)14-5-8-16-21-22-17(13-3-4-13)23(16)11-14/h1-2,5-8,11,13H,3-4,9-10H2,(H,20,24). The van der Waals surface area contributed by atoms with E-state index in [9.17, 15) is 4.79 Å². The van der Waals surface area contributed by atoms with Crippen molar-refractivity contribution in [2.75, 3.05) is 6.54 Å². The summed E-state index contributed by atoms with van der Waals surface area (Å²) in [5.74, 6) is 1.37. The van der Waals surface area contributed by atoms with E-state index in [4.69, 9.17) is 11.6 Å². The molecule has 6 heteroatoms. The zero-order valence-corrected chi connectivity index (χ0v) is 13.8. The Bertz CT molecular complexity index is 884. The highest BCUT2D eigenvalue weighted by Crippen LogP contribution is 2.38. The van der Waals surface area contributed by atoms with Gasteiger partial charge in [0.1, 0.15) is 5.82 Å². The largest absolute Gasteiger partial charge is 0.352 e. The van der Waals surface area contributed by atoms with Gasteiger partial charge in [0.05, 0.1) is 5.56 Å². The molecule has 2 heterocycles. The number of carbonyl (C=O) groups excluding carboxylic acids is 1. The predicted octanol–water partition coefficient (Wildman–Crippen LogP) is 3.23. The number of benzene rings is 1. The number of nitrogens with zero attached hydrogens (tertiary/aromatic N) is 3. The molecule has 1 aliphatic carbocycles. The van der Waals surface area contributed by atoms with Crippen LogP contribution in [0.15, 0.2) is 42.6 Å². The maximum atomic E-state index is 12.4. The normalized spacial score (nSPS) is 14.0. The van der Waals surface area contributed by atoms with Gasteiger partial charge in [-0.15, -0.1) is 10.2 Å². The molecular weight excluding hydrogens is 324 g/mol. The first-order valence-corrected chi connectivity index (χ1v) is 8.46. The van der Waals surface area contributed by atoms with Crippen molar-refractivity contribution in [3.8, 4) is 0 Å². The van der Waals surface area contributed by atoms with E-state index in [2.05, 4.69) is 15.5 Å². The van der Waals surface area contributed by atoms with Gasteiger partial charge in [-0.3, -0.25) is 9.20 Å². The van der Waals surface area contributed by atoms with Crippen LogP contribution in [0.25, 0.3) is 5.65 Å². The molecule has 24 heavy (non-hydrogen) atoms. The van der Waals surface area contributed by atoms with Crippen molar-refractivity contribution in [1.82, 2.24) is 19.9 Å². The topological polar surface area (TPSA) is 59.3 Å². The van der Waals surface area contributed by atoms with E-state index in [1.165, 1.54) is 0 Å². The van der Waals surface area contributed by atoms with Crippen molar-refractivity contribution in [2.45, 2.75) is 25.2 Å². The van der Waals surface area contributed by atoms with Crippen LogP contribution in [-0.2, 0) is 6.42 Å². The van der Waals surface area contributed by atoms with Gasteiger partial charge in [-0.1, -0.05) is 23.7 Å². The fourth-order valence-corrected chi connectivity index (χ4v) is 2.86. The van der Waals surface area contributed by atoms with E-state index in [0.717, 1.165) is 41.3 Å². The number of rotatable bonds is 5. The third-order valence-electron chi connectivity index (χ3n) is 4.25. The summed E-state index contributed by atoms with van der Waals surface area (Å²) in [6, 6.07) is 11.3. The molecule has 1 fully saturated rings. The van der Waals surface area contributed by atoms with Gasteiger partial charge in [0.15, 0.2) is 5.65 Å². The van der Waals surface area contributed by atoms with Crippen molar-refractivity contribution in [2.24, 2.45) is 0 Å². The molecule has 1 aliphatic rings. The molecule has 3 aromatic rings. The molecule has 122 valence electrons. The molecule has 0 atom stereocenters. The van der Waals surface area contributed by atoms with E-state index in [-0.39, 0.29) is 5.91 Å². The lowest BCUT2D eigenvalue weighted by Gasteiger charge is -2.07. The molecule has 1 saturated carbocycles. The van der Waals surface area contributed by atoms with Crippen LogP contribution in [0.1, 0.15) is 40.5 Å². The molecule has 0 radical (unpaired) electrons. The highest BCUT2D eigenvalue weighted by molar-refractivity contribution is 6.30. The average molecular weight is 341 g/mol. The number of aromatic nitrogens is 3. The third kappa shape index (κ3) is 3.12. The number of halogens is 1. The molecule has 0 saturated heterocycles. The maximum Gasteiger partial charge on any atom is 0.252 e. The van der Waals surface area contributed by atoms with Crippen molar-refractivity contribution >= 4 is 23.2 Å². The SMILES string of the molecule is O=C(NCCc1ccc(Cl)cc1)c1ccc2nnc(C3CC3)n2c1. The number of carbonyl (C=O) groups is 1. The lowest BCUT2D eigenvalue weighted by atomic mass is 10.1. The maximum absolute atomic E-state index is 12.4. The van der Waals surface area contributed by atoms with Gasteiger partial charge < -0.3 is 5.32 Å². The number of hydrogen-bond donors (Lipinski definition) is 1. The Hall–Kier alpha value is -2.40. The summed E-state index contributed by atoms with van der Waals surface area (Å²) in [6.07, 6.45) is 4.91. The molecular formula is C18H17ClN4O. The second kappa shape index (κ2) is 6.24. The molecule has 1 amide bonds. The molecule has 2 aromatic heterocycles. The molecule has 0 spiro atoms. The summed E-state index contributed by atoms with van der Waals surface area (Å²) < 4.78 is 1.94. The van der Waals surface area contributed by atoms with Crippen molar-refractivity contribution in [3.05, 3.63) is 64.6 Å². The Morgan fingerprint density at radius 1 is 1.17 bits per heavy atom. The quantitative estimate of drug-likeness (QED) is 0.775. The van der Waals surface area contributed by atoms with Gasteiger partial charge in [0.2, 0.25) is 0 Å². The van der Waals surface area contributed by atoms with Crippen molar-refractivity contribution < 1.29 is 4.79 Å². The minimum absolute atomic E-state index is 0.0821. The van der Waals surface area contributed by atoms with Crippen molar-refractivity contribution in [1.29, 1.82) is 0 Å². The van der Waals surface area contributed by atoms with Gasteiger partial charge in [0, 0.05) is 23.7 Å². The van der Waals surface area contributed by atoms with Gasteiger partial charge in [0.25, 0.3) is 5.91 Å². The van der Waals surface area contributed by atoms with Gasteiger partial charge in [-0.05, 0) is 49.1 Å². The number of amides is 1. The van der Waals surface area contributed by atoms with Crippen LogP contribution in [0.4, 0.5) is 0 Å². The van der Waals surface area contributed by atoms with Crippen LogP contribution in [0, 0.1) is 0 Å². The van der Waals surface area contributed by atoms with Crippen LogP contribution >= 0.6 is 11.6 Å². The minimum Gasteiger partial charge on any atom is -0.352 e. The molecule has 0 aliphatic heterocycles. The summed E-state index contributed by atoms with van der Waals surface area (Å²) in [5, 5.41) is 12.1. The first kappa shape index (κ1) is 15.1. The van der Waals surface area contributed by atoms with Crippen LogP contribution in [0.3, 0.4) is 0 Å². The number of hydrogen-bond acceptors (Lipinski definition) is 3. The second-order valence-corrected chi connectivity index (χ2v) is 6.55. The lowest BCUT2D eigenvalue weighted by Crippen LogP contribution is -2.26. The smallest absolute Gasteiger partial charge is 0.252 e. The molecule has 1 N–H and O–H groups in total. The first-order chi connectivity index (χ1) is 11.7. The third-order valence-corrected chi connectivity index (χ3v) is 4.50. The fraction of sp³-hybridized carbons (Fsp3) is 0.278. The monoisotopic (exact) mass is 340 g/mol. The zero-order valence-electron chi connectivity index (χ0n) is 13.1. The van der Waals surface area contributed by atoms with Gasteiger partial charge in [-0.25, -0.2) is 0 Å². The van der Waals surface area contributed by atoms with Crippen LogP contribution in [0.5, 0.6) is 0 Å². The van der Waals surface area contributed by atoms with E-state index in [1.54, 1.807) is 6.07 Å². The Balaban J connectivity index is 1.43. The number of fused-ring (bicyclic) bond motifs is 1. The molecule has 0 unspecified atom stereocenters. The highest BCUT2D eigenvalue weighted by Gasteiger charge is 2.28. The van der Waals surface area contributed by atoms with E-state index >= 15 is 0 Å². The zero-order chi connectivity index (χ0) is 16.5. The van der Waals surface area contributed by atoms with Gasteiger partial charge >= 0.3 is 0 Å². The molecule has 0 bridgehead atoms. The Morgan fingerprint density at radius 3 is 2.71 bits per heavy atom. The Kier molecular flexibility index (Phi) is 3.94. The Labute approximate surface area is 144 Å². The second-order valence-electron chi connectivity index (χ2n) is 6.11. The summed E-state index contributed by atoms with van der Waals surface area (Å²) >= 11 is 5.87. The Morgan fingerprint density at radius 2 is 1.96 bits per heavy atom. The van der Waals surface area contributed by atoms with Gasteiger partial charge in [-0.2, -0.15) is 0 Å². The van der Waals surface area contributed by atoms with Crippen LogP contribution in [0.2, 0.25) is 5.02 Å². The predicted molar refractivity (Wildman–Crippen MR) is 92.5 cm³/mol. The number of nitrogens with one attached hydrogen (secondary N) is 1. The highest BCUT2D eigenvalue weighted by atomic mass is 35.5. The minimum atomic E-state index is -0.0821. The van der Waals surface area contributed by atoms with E-state index in [0.29, 0.717) is 18.0 Å². The number of pyridine rings is 1.